The standard InChI is InChI=1S/C12H16O3P/c1-12(2,3)16(14)10-7-5-6-9(8-10)11(13)15-4/h5-8H,1-4H3/q+1. The molecule has 1 aromatic carbocycles. The molecule has 0 amide bonds. The van der Waals surface area contributed by atoms with E-state index < -0.39 is 13.8 Å². The van der Waals surface area contributed by atoms with Crippen LogP contribution in [0.5, 0.6) is 0 Å². The van der Waals surface area contributed by atoms with Crippen molar-refractivity contribution < 1.29 is 14.1 Å². The highest BCUT2D eigenvalue weighted by Crippen LogP contribution is 2.37. The lowest BCUT2D eigenvalue weighted by atomic mass is 10.2. The average Bonchev–Trinajstić information content (AvgIpc) is 2.26. The van der Waals surface area contributed by atoms with Crippen LogP contribution in [-0.4, -0.2) is 18.2 Å². The van der Waals surface area contributed by atoms with E-state index in [0.717, 1.165) is 0 Å². The Morgan fingerprint density at radius 2 is 1.94 bits per heavy atom. The van der Waals surface area contributed by atoms with Crippen molar-refractivity contribution in [2.75, 3.05) is 7.11 Å². The van der Waals surface area contributed by atoms with Crippen LogP contribution in [0, 0.1) is 0 Å². The monoisotopic (exact) mass is 239 g/mol. The highest BCUT2D eigenvalue weighted by Gasteiger charge is 2.36. The first-order valence-electron chi connectivity index (χ1n) is 5.02. The number of rotatable bonds is 2. The summed E-state index contributed by atoms with van der Waals surface area (Å²) in [7, 11) is -0.188. The van der Waals surface area contributed by atoms with Crippen molar-refractivity contribution in [3.8, 4) is 0 Å². The van der Waals surface area contributed by atoms with Crippen molar-refractivity contribution in [1.29, 1.82) is 0 Å². The van der Waals surface area contributed by atoms with E-state index >= 15 is 0 Å². The summed E-state index contributed by atoms with van der Waals surface area (Å²) in [6.07, 6.45) is 0. The van der Waals surface area contributed by atoms with E-state index in [1.165, 1.54) is 7.11 Å². The van der Waals surface area contributed by atoms with Crippen LogP contribution >= 0.6 is 7.80 Å². The zero-order valence-corrected chi connectivity index (χ0v) is 10.9. The number of carbonyl (C=O) groups excluding carboxylic acids is 1. The summed E-state index contributed by atoms with van der Waals surface area (Å²) in [6.45, 7) is 5.74. The molecule has 0 saturated carbocycles. The Labute approximate surface area is 96.6 Å². The molecule has 0 bridgehead atoms. The highest BCUT2D eigenvalue weighted by molar-refractivity contribution is 7.55. The van der Waals surface area contributed by atoms with Crippen molar-refractivity contribution in [1.82, 2.24) is 0 Å². The lowest BCUT2D eigenvalue weighted by molar-refractivity contribution is 0.0601. The molecule has 0 N–H and O–H groups in total. The summed E-state index contributed by atoms with van der Waals surface area (Å²) in [5, 5.41) is 0.384. The minimum atomic E-state index is -1.52. The molecule has 0 aromatic heterocycles. The van der Waals surface area contributed by atoms with E-state index in [9.17, 15) is 9.36 Å². The van der Waals surface area contributed by atoms with Crippen molar-refractivity contribution >= 4 is 19.1 Å². The minimum Gasteiger partial charge on any atom is -0.465 e. The molecule has 1 atom stereocenters. The van der Waals surface area contributed by atoms with Gasteiger partial charge in [-0.2, -0.15) is 0 Å². The van der Waals surface area contributed by atoms with Gasteiger partial charge in [-0.25, -0.2) is 4.79 Å². The Morgan fingerprint density at radius 3 is 2.44 bits per heavy atom. The number of carbonyl (C=O) groups is 1. The molecule has 1 rings (SSSR count). The lowest BCUT2D eigenvalue weighted by Crippen LogP contribution is -2.15. The van der Waals surface area contributed by atoms with E-state index in [2.05, 4.69) is 4.74 Å². The predicted molar refractivity (Wildman–Crippen MR) is 64.8 cm³/mol. The Hall–Kier alpha value is -1.21. The molecule has 0 saturated heterocycles. The Morgan fingerprint density at radius 1 is 1.31 bits per heavy atom. The molecule has 1 aromatic rings. The summed E-state index contributed by atoms with van der Waals surface area (Å²) < 4.78 is 16.7. The maximum atomic E-state index is 12.1. The van der Waals surface area contributed by atoms with E-state index in [1.807, 2.05) is 20.8 Å². The SMILES string of the molecule is COC(=O)c1cccc([P+](=O)C(C)(C)C)c1. The maximum absolute atomic E-state index is 12.1. The summed E-state index contributed by atoms with van der Waals surface area (Å²) in [4.78, 5) is 11.3. The number of esters is 1. The van der Waals surface area contributed by atoms with Gasteiger partial charge in [0.25, 0.3) is 0 Å². The first kappa shape index (κ1) is 12.9. The van der Waals surface area contributed by atoms with Gasteiger partial charge in [0.2, 0.25) is 0 Å². The van der Waals surface area contributed by atoms with Crippen LogP contribution in [0.2, 0.25) is 0 Å². The fraction of sp³-hybridized carbons (Fsp3) is 0.417. The third-order valence-corrected chi connectivity index (χ3v) is 4.08. The summed E-state index contributed by atoms with van der Waals surface area (Å²) >= 11 is 0. The molecule has 0 aliphatic carbocycles. The fourth-order valence-electron chi connectivity index (χ4n) is 1.26. The quantitative estimate of drug-likeness (QED) is 0.588. The molecule has 0 heterocycles. The van der Waals surface area contributed by atoms with Gasteiger partial charge in [0.15, 0.2) is 10.5 Å². The first-order valence-corrected chi connectivity index (χ1v) is 6.28. The molecule has 3 nitrogen and oxygen atoms in total. The van der Waals surface area contributed by atoms with E-state index in [0.29, 0.717) is 10.9 Å². The lowest BCUT2D eigenvalue weighted by Gasteiger charge is -2.05. The third kappa shape index (κ3) is 2.89. The van der Waals surface area contributed by atoms with Gasteiger partial charge in [-0.3, -0.25) is 0 Å². The normalized spacial score (nSPS) is 12.1. The third-order valence-electron chi connectivity index (χ3n) is 2.11. The van der Waals surface area contributed by atoms with Gasteiger partial charge in [0.1, 0.15) is 0 Å². The zero-order valence-electron chi connectivity index (χ0n) is 9.98. The van der Waals surface area contributed by atoms with Gasteiger partial charge >= 0.3 is 13.8 Å². The molecule has 4 heteroatoms. The highest BCUT2D eigenvalue weighted by atomic mass is 31.1. The van der Waals surface area contributed by atoms with Crippen LogP contribution in [0.15, 0.2) is 24.3 Å². The van der Waals surface area contributed by atoms with Crippen molar-refractivity contribution in [3.63, 3.8) is 0 Å². The van der Waals surface area contributed by atoms with Gasteiger partial charge in [-0.1, -0.05) is 10.6 Å². The molecule has 86 valence electrons. The molecule has 0 aliphatic rings. The van der Waals surface area contributed by atoms with Crippen molar-refractivity contribution in [2.45, 2.75) is 25.9 Å². The van der Waals surface area contributed by atoms with Crippen molar-refractivity contribution in [3.05, 3.63) is 29.8 Å². The first-order chi connectivity index (χ1) is 7.36. The van der Waals surface area contributed by atoms with E-state index in [1.54, 1.807) is 24.3 Å². The summed E-state index contributed by atoms with van der Waals surface area (Å²) in [5.74, 6) is -0.404. The zero-order chi connectivity index (χ0) is 12.3. The molecule has 0 aliphatic heterocycles. The smallest absolute Gasteiger partial charge is 0.382 e. The second kappa shape index (κ2) is 4.75. The van der Waals surface area contributed by atoms with E-state index in [-0.39, 0.29) is 5.16 Å². The Bertz CT molecular complexity index is 419. The van der Waals surface area contributed by atoms with Gasteiger partial charge in [0.05, 0.1) is 12.7 Å². The largest absolute Gasteiger partial charge is 0.465 e. The van der Waals surface area contributed by atoms with Crippen LogP contribution in [0.25, 0.3) is 0 Å². The molecule has 0 radical (unpaired) electrons. The second-order valence-electron chi connectivity index (χ2n) is 4.51. The van der Waals surface area contributed by atoms with Gasteiger partial charge in [-0.05, 0) is 32.9 Å². The molecular weight excluding hydrogens is 223 g/mol. The van der Waals surface area contributed by atoms with Gasteiger partial charge < -0.3 is 4.74 Å². The van der Waals surface area contributed by atoms with Crippen LogP contribution in [0.1, 0.15) is 31.1 Å². The fourth-order valence-corrected chi connectivity index (χ4v) is 2.52. The van der Waals surface area contributed by atoms with Crippen LogP contribution in [-0.2, 0) is 9.30 Å². The molecular formula is C12H16O3P+. The van der Waals surface area contributed by atoms with Crippen molar-refractivity contribution in [2.24, 2.45) is 0 Å². The number of methoxy groups -OCH3 is 1. The second-order valence-corrected chi connectivity index (χ2v) is 6.95. The molecule has 1 unspecified atom stereocenters. The number of ether oxygens (including phenoxy) is 1. The molecule has 0 spiro atoms. The van der Waals surface area contributed by atoms with Crippen LogP contribution in [0.3, 0.4) is 0 Å². The Kier molecular flexibility index (Phi) is 3.82. The minimum absolute atomic E-state index is 0.302. The number of hydrogen-bond acceptors (Lipinski definition) is 3. The molecule has 16 heavy (non-hydrogen) atoms. The number of hydrogen-bond donors (Lipinski definition) is 0. The van der Waals surface area contributed by atoms with Crippen LogP contribution in [0.4, 0.5) is 0 Å². The average molecular weight is 239 g/mol. The topological polar surface area (TPSA) is 43.4 Å². The predicted octanol–water partition coefficient (Wildman–Crippen LogP) is 2.72. The maximum Gasteiger partial charge on any atom is 0.382 e. The van der Waals surface area contributed by atoms with E-state index in [4.69, 9.17) is 0 Å². The summed E-state index contributed by atoms with van der Waals surface area (Å²) in [5.41, 5.74) is 0.438. The molecule has 0 fully saturated rings. The van der Waals surface area contributed by atoms with Gasteiger partial charge in [0, 0.05) is 6.07 Å². The number of benzene rings is 1. The summed E-state index contributed by atoms with van der Waals surface area (Å²) in [6, 6.07) is 6.79. The Balaban J connectivity index is 3.09. The van der Waals surface area contributed by atoms with Crippen LogP contribution < -0.4 is 5.30 Å². The van der Waals surface area contributed by atoms with Gasteiger partial charge in [-0.15, -0.1) is 0 Å².